The summed E-state index contributed by atoms with van der Waals surface area (Å²) in [6, 6.07) is 19.6. The minimum absolute atomic E-state index is 0.178. The van der Waals surface area contributed by atoms with Gasteiger partial charge in [-0.05, 0) is 43.5 Å². The number of piperidine rings is 1. The second-order valence-corrected chi connectivity index (χ2v) is 7.58. The maximum absolute atomic E-state index is 13.4. The fourth-order valence-electron chi connectivity index (χ4n) is 4.50. The molecule has 2 N–H and O–H groups in total. The lowest BCUT2D eigenvalue weighted by atomic mass is 9.76. The zero-order valence-electron chi connectivity index (χ0n) is 15.0. The summed E-state index contributed by atoms with van der Waals surface area (Å²) in [5.41, 5.74) is 1.67. The fraction of sp³-hybridized carbons (Fsp3) is 0.409. The van der Waals surface area contributed by atoms with Gasteiger partial charge in [-0.2, -0.15) is 0 Å². The molecular weight excluding hydrogens is 324 g/mol. The predicted octanol–water partition coefficient (Wildman–Crippen LogP) is 2.89. The number of nitrogens with zero attached hydrogens (tertiary/aromatic N) is 1. The first-order valence-corrected chi connectivity index (χ1v) is 9.48. The summed E-state index contributed by atoms with van der Waals surface area (Å²) < 4.78 is 0. The van der Waals surface area contributed by atoms with Crippen molar-refractivity contribution in [1.82, 2.24) is 10.2 Å². The second kappa shape index (κ2) is 7.22. The average Bonchev–Trinajstić information content (AvgIpc) is 2.95. The van der Waals surface area contributed by atoms with Crippen molar-refractivity contribution in [2.45, 2.75) is 38.0 Å². The van der Waals surface area contributed by atoms with Crippen LogP contribution in [0.2, 0.25) is 0 Å². The van der Waals surface area contributed by atoms with Gasteiger partial charge in [-0.1, -0.05) is 60.7 Å². The zero-order valence-corrected chi connectivity index (χ0v) is 15.0. The minimum atomic E-state index is -0.655. The van der Waals surface area contributed by atoms with Gasteiger partial charge in [-0.3, -0.25) is 4.79 Å². The van der Waals surface area contributed by atoms with Crippen LogP contribution in [0.1, 0.15) is 36.5 Å². The van der Waals surface area contributed by atoms with E-state index < -0.39 is 6.10 Å². The Balaban J connectivity index is 1.65. The molecule has 26 heavy (non-hydrogen) atoms. The first-order valence-electron chi connectivity index (χ1n) is 9.48. The Morgan fingerprint density at radius 1 is 1.04 bits per heavy atom. The molecule has 1 amide bonds. The largest absolute Gasteiger partial charge is 0.386 e. The number of amides is 1. The van der Waals surface area contributed by atoms with Crippen LogP contribution in [0, 0.1) is 5.41 Å². The molecule has 0 aromatic heterocycles. The molecule has 2 heterocycles. The van der Waals surface area contributed by atoms with Crippen molar-refractivity contribution in [2.24, 2.45) is 5.41 Å². The van der Waals surface area contributed by atoms with Gasteiger partial charge in [-0.25, -0.2) is 0 Å². The van der Waals surface area contributed by atoms with Crippen LogP contribution in [0.5, 0.6) is 0 Å². The van der Waals surface area contributed by atoms with Crippen LogP contribution in [-0.2, 0) is 11.3 Å². The molecule has 2 saturated heterocycles. The van der Waals surface area contributed by atoms with Crippen molar-refractivity contribution in [2.75, 3.05) is 13.1 Å². The Morgan fingerprint density at radius 3 is 2.31 bits per heavy atom. The topological polar surface area (TPSA) is 52.6 Å². The summed E-state index contributed by atoms with van der Waals surface area (Å²) in [6.07, 6.45) is 1.79. The number of aliphatic hydroxyl groups is 1. The van der Waals surface area contributed by atoms with Crippen LogP contribution >= 0.6 is 0 Å². The van der Waals surface area contributed by atoms with Crippen molar-refractivity contribution in [3.63, 3.8) is 0 Å². The molecule has 0 radical (unpaired) electrons. The third-order valence-electron chi connectivity index (χ3n) is 5.98. The van der Waals surface area contributed by atoms with Crippen LogP contribution in [-0.4, -0.2) is 35.0 Å². The SMILES string of the molecule is O=C1N(Cc2ccccc2)[C@H]([C@H](O)c2ccccc2)CC12CCNCC2. The van der Waals surface area contributed by atoms with Gasteiger partial charge < -0.3 is 15.3 Å². The quantitative estimate of drug-likeness (QED) is 0.891. The summed E-state index contributed by atoms with van der Waals surface area (Å²) in [6.45, 7) is 2.31. The van der Waals surface area contributed by atoms with E-state index in [0.29, 0.717) is 6.54 Å². The number of carbonyl (C=O) groups excluding carboxylic acids is 1. The van der Waals surface area contributed by atoms with Gasteiger partial charge >= 0.3 is 0 Å². The van der Waals surface area contributed by atoms with Gasteiger partial charge in [0.1, 0.15) is 0 Å². The van der Waals surface area contributed by atoms with Gasteiger partial charge in [0.05, 0.1) is 17.6 Å². The molecule has 2 fully saturated rings. The van der Waals surface area contributed by atoms with E-state index in [-0.39, 0.29) is 17.4 Å². The van der Waals surface area contributed by atoms with Crippen molar-refractivity contribution >= 4 is 5.91 Å². The molecule has 2 aromatic rings. The maximum atomic E-state index is 13.4. The predicted molar refractivity (Wildman–Crippen MR) is 101 cm³/mol. The van der Waals surface area contributed by atoms with Crippen molar-refractivity contribution < 1.29 is 9.90 Å². The lowest BCUT2D eigenvalue weighted by molar-refractivity contribution is -0.139. The molecule has 4 rings (SSSR count). The molecule has 2 aromatic carbocycles. The Hall–Kier alpha value is -2.17. The van der Waals surface area contributed by atoms with Gasteiger partial charge in [0.2, 0.25) is 5.91 Å². The van der Waals surface area contributed by atoms with E-state index in [9.17, 15) is 9.90 Å². The van der Waals surface area contributed by atoms with Crippen LogP contribution < -0.4 is 5.32 Å². The highest BCUT2D eigenvalue weighted by atomic mass is 16.3. The van der Waals surface area contributed by atoms with E-state index in [4.69, 9.17) is 0 Å². The Bertz CT molecular complexity index is 741. The van der Waals surface area contributed by atoms with Crippen LogP contribution in [0.3, 0.4) is 0 Å². The third kappa shape index (κ3) is 3.15. The second-order valence-electron chi connectivity index (χ2n) is 7.58. The number of aliphatic hydroxyl groups excluding tert-OH is 1. The van der Waals surface area contributed by atoms with Crippen LogP contribution in [0.4, 0.5) is 0 Å². The van der Waals surface area contributed by atoms with E-state index in [0.717, 1.165) is 43.5 Å². The summed E-state index contributed by atoms with van der Waals surface area (Å²) in [5.74, 6) is 0.211. The van der Waals surface area contributed by atoms with Crippen LogP contribution in [0.15, 0.2) is 60.7 Å². The monoisotopic (exact) mass is 350 g/mol. The number of benzene rings is 2. The van der Waals surface area contributed by atoms with Crippen molar-refractivity contribution in [3.8, 4) is 0 Å². The Morgan fingerprint density at radius 2 is 1.65 bits per heavy atom. The fourth-order valence-corrected chi connectivity index (χ4v) is 4.50. The van der Waals surface area contributed by atoms with Gasteiger partial charge in [0.15, 0.2) is 0 Å². The van der Waals surface area contributed by atoms with E-state index >= 15 is 0 Å². The average molecular weight is 350 g/mol. The molecule has 0 saturated carbocycles. The molecule has 2 aliphatic rings. The molecule has 0 aliphatic carbocycles. The van der Waals surface area contributed by atoms with E-state index in [1.807, 2.05) is 65.6 Å². The highest BCUT2D eigenvalue weighted by Crippen LogP contribution is 2.47. The summed E-state index contributed by atoms with van der Waals surface area (Å²) >= 11 is 0. The standard InChI is InChI=1S/C22H26N2O2/c25-20(18-9-5-2-6-10-18)19-15-22(11-13-23-14-12-22)21(26)24(19)16-17-7-3-1-4-8-17/h1-10,19-20,23,25H,11-16H2/t19-,20+/m0/s1. The van der Waals surface area contributed by atoms with E-state index in [2.05, 4.69) is 5.32 Å². The molecule has 4 nitrogen and oxygen atoms in total. The first-order chi connectivity index (χ1) is 12.7. The van der Waals surface area contributed by atoms with E-state index in [1.165, 1.54) is 0 Å². The third-order valence-corrected chi connectivity index (χ3v) is 5.98. The Kier molecular flexibility index (Phi) is 4.79. The van der Waals surface area contributed by atoms with Gasteiger partial charge in [0.25, 0.3) is 0 Å². The minimum Gasteiger partial charge on any atom is -0.386 e. The van der Waals surface area contributed by atoms with Crippen LogP contribution in [0.25, 0.3) is 0 Å². The zero-order chi connectivity index (χ0) is 18.0. The molecular formula is C22H26N2O2. The van der Waals surface area contributed by atoms with Gasteiger partial charge in [-0.15, -0.1) is 0 Å². The smallest absolute Gasteiger partial charge is 0.229 e. The number of nitrogens with one attached hydrogen (secondary N) is 1. The number of hydrogen-bond donors (Lipinski definition) is 2. The van der Waals surface area contributed by atoms with E-state index in [1.54, 1.807) is 0 Å². The number of carbonyl (C=O) groups is 1. The molecule has 2 aliphatic heterocycles. The molecule has 0 bridgehead atoms. The molecule has 0 unspecified atom stereocenters. The summed E-state index contributed by atoms with van der Waals surface area (Å²) in [4.78, 5) is 15.3. The van der Waals surface area contributed by atoms with Gasteiger partial charge in [0, 0.05) is 6.54 Å². The number of likely N-dealkylation sites (tertiary alicyclic amines) is 1. The summed E-state index contributed by atoms with van der Waals surface area (Å²) in [7, 11) is 0. The molecule has 1 spiro atoms. The number of rotatable bonds is 4. The lowest BCUT2D eigenvalue weighted by Gasteiger charge is -2.32. The molecule has 4 heteroatoms. The molecule has 2 atom stereocenters. The van der Waals surface area contributed by atoms with Crippen molar-refractivity contribution in [3.05, 3.63) is 71.8 Å². The Labute approximate surface area is 154 Å². The van der Waals surface area contributed by atoms with Crippen molar-refractivity contribution in [1.29, 1.82) is 0 Å². The molecule has 136 valence electrons. The lowest BCUT2D eigenvalue weighted by Crippen LogP contribution is -2.43. The maximum Gasteiger partial charge on any atom is 0.229 e. The first kappa shape index (κ1) is 17.3. The normalized spacial score (nSPS) is 23.3. The summed E-state index contributed by atoms with van der Waals surface area (Å²) in [5, 5.41) is 14.5. The highest BCUT2D eigenvalue weighted by molar-refractivity contribution is 5.85. The number of hydrogen-bond acceptors (Lipinski definition) is 3. The highest BCUT2D eigenvalue weighted by Gasteiger charge is 2.53.